The average molecular weight is 549 g/mol. The highest BCUT2D eigenvalue weighted by atomic mass is 35.5. The normalized spacial score (nSPS) is 21.4. The van der Waals surface area contributed by atoms with E-state index >= 15 is 0 Å². The number of thiazole rings is 1. The fourth-order valence-corrected chi connectivity index (χ4v) is 5.69. The molecule has 0 spiro atoms. The summed E-state index contributed by atoms with van der Waals surface area (Å²) >= 11 is 7.15. The van der Waals surface area contributed by atoms with Crippen molar-refractivity contribution in [3.63, 3.8) is 0 Å². The summed E-state index contributed by atoms with van der Waals surface area (Å²) in [7, 11) is 2.02. The van der Waals surface area contributed by atoms with Gasteiger partial charge in [-0.2, -0.15) is 0 Å². The Morgan fingerprint density at radius 1 is 1.16 bits per heavy atom. The smallest absolute Gasteiger partial charge is 0.314 e. The number of amides is 3. The molecule has 2 aliphatic rings. The predicted molar refractivity (Wildman–Crippen MR) is 137 cm³/mol. The molecule has 198 valence electrons. The Labute approximate surface area is 223 Å². The minimum absolute atomic E-state index is 0.179. The maximum Gasteiger partial charge on any atom is 0.314 e. The average Bonchev–Trinajstić information content (AvgIpc) is 3.30. The Kier molecular flexibility index (Phi) is 8.72. The van der Waals surface area contributed by atoms with Gasteiger partial charge in [-0.05, 0) is 45.4 Å². The number of hydrogen-bond donors (Lipinski definition) is 3. The molecule has 0 radical (unpaired) electrons. The molecule has 0 bridgehead atoms. The van der Waals surface area contributed by atoms with E-state index in [0.717, 1.165) is 30.1 Å². The third-order valence-corrected chi connectivity index (χ3v) is 7.70. The Morgan fingerprint density at radius 2 is 1.97 bits per heavy atom. The highest BCUT2D eigenvalue weighted by Gasteiger charge is 2.37. The molecule has 3 amide bonds. The van der Waals surface area contributed by atoms with Gasteiger partial charge in [-0.25, -0.2) is 9.97 Å². The Bertz CT molecular complexity index is 1170. The van der Waals surface area contributed by atoms with Gasteiger partial charge in [-0.3, -0.25) is 19.2 Å². The fourth-order valence-electron chi connectivity index (χ4n) is 4.48. The lowest BCUT2D eigenvalue weighted by atomic mass is 9.82. The van der Waals surface area contributed by atoms with Gasteiger partial charge in [0, 0.05) is 36.6 Å². The van der Waals surface area contributed by atoms with Crippen molar-refractivity contribution in [2.75, 3.05) is 25.5 Å². The highest BCUT2D eigenvalue weighted by Crippen LogP contribution is 2.28. The first-order valence-corrected chi connectivity index (χ1v) is 13.3. The van der Waals surface area contributed by atoms with E-state index in [1.54, 1.807) is 13.0 Å². The summed E-state index contributed by atoms with van der Waals surface area (Å²) < 4.78 is 5.18. The van der Waals surface area contributed by atoms with Gasteiger partial charge in [0.1, 0.15) is 5.82 Å². The number of pyridine rings is 1. The number of nitrogens with zero attached hydrogens (tertiary/aromatic N) is 3. The van der Waals surface area contributed by atoms with E-state index in [2.05, 4.69) is 30.8 Å². The Balaban J connectivity index is 1.44. The number of rotatable bonds is 6. The molecule has 13 heteroatoms. The summed E-state index contributed by atoms with van der Waals surface area (Å²) in [5.74, 6) is -2.73. The molecular formula is C24H29ClN6O5S. The molecule has 4 rings (SSSR count). The molecule has 2 aromatic rings. The highest BCUT2D eigenvalue weighted by molar-refractivity contribution is 7.13. The molecule has 1 saturated carbocycles. The molecule has 1 fully saturated rings. The first kappa shape index (κ1) is 27.0. The number of esters is 1. The second-order valence-corrected chi connectivity index (χ2v) is 10.6. The third kappa shape index (κ3) is 6.82. The molecule has 1 aliphatic heterocycles. The summed E-state index contributed by atoms with van der Waals surface area (Å²) in [5.41, 5.74) is 0.929. The zero-order valence-corrected chi connectivity index (χ0v) is 22.2. The second-order valence-electron chi connectivity index (χ2n) is 9.11. The van der Waals surface area contributed by atoms with E-state index in [4.69, 9.17) is 16.3 Å². The topological polar surface area (TPSA) is 143 Å². The van der Waals surface area contributed by atoms with Crippen molar-refractivity contribution < 1.29 is 23.9 Å². The molecule has 3 N–H and O–H groups in total. The van der Waals surface area contributed by atoms with Crippen LogP contribution >= 0.6 is 22.9 Å². The largest absolute Gasteiger partial charge is 0.466 e. The number of hydrogen-bond acceptors (Lipinski definition) is 9. The molecule has 3 heterocycles. The molecule has 3 atom stereocenters. The van der Waals surface area contributed by atoms with Crippen LogP contribution in [0.4, 0.5) is 5.82 Å². The minimum Gasteiger partial charge on any atom is -0.466 e. The van der Waals surface area contributed by atoms with Crippen LogP contribution in [0.1, 0.15) is 46.6 Å². The van der Waals surface area contributed by atoms with Gasteiger partial charge in [-0.15, -0.1) is 11.3 Å². The number of halogens is 1. The van der Waals surface area contributed by atoms with Gasteiger partial charge in [-0.1, -0.05) is 11.6 Å². The van der Waals surface area contributed by atoms with E-state index in [9.17, 15) is 19.2 Å². The van der Waals surface area contributed by atoms with Crippen molar-refractivity contribution in [2.45, 2.75) is 51.2 Å². The van der Waals surface area contributed by atoms with E-state index in [0.29, 0.717) is 22.9 Å². The number of aromatic nitrogens is 2. The van der Waals surface area contributed by atoms with E-state index in [1.165, 1.54) is 23.6 Å². The predicted octanol–water partition coefficient (Wildman–Crippen LogP) is 1.76. The number of likely N-dealkylation sites (N-methyl/N-ethyl adjacent to an activating group) is 1. The molecule has 1 aliphatic carbocycles. The van der Waals surface area contributed by atoms with Crippen LogP contribution in [0.15, 0.2) is 18.3 Å². The number of nitrogens with one attached hydrogen (secondary N) is 3. The van der Waals surface area contributed by atoms with Gasteiger partial charge >= 0.3 is 17.8 Å². The van der Waals surface area contributed by atoms with Crippen molar-refractivity contribution >= 4 is 52.4 Å². The fraction of sp³-hybridized carbons (Fsp3) is 0.500. The molecule has 11 nitrogen and oxygen atoms in total. The summed E-state index contributed by atoms with van der Waals surface area (Å²) in [6.07, 6.45) is 3.23. The first-order valence-electron chi connectivity index (χ1n) is 12.1. The lowest BCUT2D eigenvalue weighted by Crippen LogP contribution is -2.56. The van der Waals surface area contributed by atoms with Crippen molar-refractivity contribution in [3.05, 3.63) is 38.9 Å². The second kappa shape index (κ2) is 12.0. The lowest BCUT2D eigenvalue weighted by molar-refractivity contribution is -0.149. The maximum absolute atomic E-state index is 13.1. The van der Waals surface area contributed by atoms with Crippen molar-refractivity contribution in [1.82, 2.24) is 25.5 Å². The standard InChI is InChI=1S/C24H29ClN6O5S/c1-3-36-24(35)13-4-6-15(27-20(32)21(33)30-19-7-5-14(25)11-26-19)17(10-13)28-22(34)23-29-16-8-9-31(2)12-18(16)37-23/h5,7,11,13,15,17H,3-4,6,8-10,12H2,1-2H3,(H,27,32)(H,28,34)(H,26,30,33). The summed E-state index contributed by atoms with van der Waals surface area (Å²) in [4.78, 5) is 62.4. The molecule has 0 aromatic carbocycles. The molecule has 2 aromatic heterocycles. The number of carbonyl (C=O) groups is 4. The summed E-state index contributed by atoms with van der Waals surface area (Å²) in [6.45, 7) is 3.61. The molecule has 3 unspecified atom stereocenters. The molecule has 0 saturated heterocycles. The van der Waals surface area contributed by atoms with Crippen LogP contribution in [-0.4, -0.2) is 70.8 Å². The number of carbonyl (C=O) groups excluding carboxylic acids is 4. The quantitative estimate of drug-likeness (QED) is 0.366. The summed E-state index contributed by atoms with van der Waals surface area (Å²) in [5, 5.41) is 8.81. The first-order chi connectivity index (χ1) is 17.7. The number of fused-ring (bicyclic) bond motifs is 1. The van der Waals surface area contributed by atoms with Crippen LogP contribution in [0.25, 0.3) is 0 Å². The lowest BCUT2D eigenvalue weighted by Gasteiger charge is -2.35. The van der Waals surface area contributed by atoms with E-state index in [1.807, 2.05) is 7.05 Å². The van der Waals surface area contributed by atoms with Crippen LogP contribution in [0, 0.1) is 5.92 Å². The number of anilines is 1. The van der Waals surface area contributed by atoms with Gasteiger partial charge in [0.05, 0.1) is 29.3 Å². The van der Waals surface area contributed by atoms with Crippen molar-refractivity contribution in [3.8, 4) is 0 Å². The van der Waals surface area contributed by atoms with Crippen molar-refractivity contribution in [1.29, 1.82) is 0 Å². The number of ether oxygens (including phenoxy) is 1. The monoisotopic (exact) mass is 548 g/mol. The van der Waals surface area contributed by atoms with Gasteiger partial charge in [0.25, 0.3) is 5.91 Å². The molecule has 37 heavy (non-hydrogen) atoms. The Morgan fingerprint density at radius 3 is 2.70 bits per heavy atom. The molecular weight excluding hydrogens is 520 g/mol. The third-order valence-electron chi connectivity index (χ3n) is 6.39. The minimum atomic E-state index is -0.899. The van der Waals surface area contributed by atoms with E-state index < -0.39 is 29.8 Å². The van der Waals surface area contributed by atoms with Gasteiger partial charge in [0.2, 0.25) is 0 Å². The van der Waals surface area contributed by atoms with Crippen LogP contribution in [-0.2, 0) is 32.1 Å². The van der Waals surface area contributed by atoms with Crippen LogP contribution in [0.5, 0.6) is 0 Å². The Hall–Kier alpha value is -3.09. The van der Waals surface area contributed by atoms with Gasteiger partial charge < -0.3 is 25.6 Å². The van der Waals surface area contributed by atoms with Crippen molar-refractivity contribution in [2.24, 2.45) is 5.92 Å². The van der Waals surface area contributed by atoms with Crippen LogP contribution in [0.2, 0.25) is 5.02 Å². The zero-order valence-electron chi connectivity index (χ0n) is 20.6. The van der Waals surface area contributed by atoms with E-state index in [-0.39, 0.29) is 30.7 Å². The zero-order chi connectivity index (χ0) is 26.5. The maximum atomic E-state index is 13.1. The van der Waals surface area contributed by atoms with Crippen LogP contribution < -0.4 is 16.0 Å². The SMILES string of the molecule is CCOC(=O)C1CCC(NC(=O)C(=O)Nc2ccc(Cl)cn2)C(NC(=O)c2nc3c(s2)CN(C)CC3)C1. The summed E-state index contributed by atoms with van der Waals surface area (Å²) in [6, 6.07) is 1.86. The van der Waals surface area contributed by atoms with Gasteiger partial charge in [0.15, 0.2) is 5.01 Å². The van der Waals surface area contributed by atoms with Crippen LogP contribution in [0.3, 0.4) is 0 Å².